The van der Waals surface area contributed by atoms with Crippen LogP contribution in [0, 0.1) is 0 Å². The van der Waals surface area contributed by atoms with E-state index in [0.29, 0.717) is 11.4 Å². The first-order valence-electron chi connectivity index (χ1n) is 9.79. The summed E-state index contributed by atoms with van der Waals surface area (Å²) in [6.45, 7) is 3.81. The van der Waals surface area contributed by atoms with Gasteiger partial charge in [-0.2, -0.15) is 0 Å². The average Bonchev–Trinajstić information content (AvgIpc) is 3.26. The van der Waals surface area contributed by atoms with Crippen molar-refractivity contribution in [2.24, 2.45) is 0 Å². The number of pyridine rings is 1. The smallest absolute Gasteiger partial charge is 0.265 e. The molecule has 0 aliphatic carbocycles. The molecule has 1 aliphatic rings. The fraction of sp³-hybridized carbons (Fsp3) is 0.273. The number of thiazole rings is 1. The van der Waals surface area contributed by atoms with Crippen molar-refractivity contribution in [3.63, 3.8) is 0 Å². The Hall–Kier alpha value is -3.26. The minimum absolute atomic E-state index is 0.0424. The monoisotopic (exact) mass is 422 g/mol. The number of nitrogens with one attached hydrogen (secondary N) is 1. The van der Waals surface area contributed by atoms with Crippen molar-refractivity contribution in [3.05, 3.63) is 48.0 Å². The van der Waals surface area contributed by atoms with Gasteiger partial charge in [-0.05, 0) is 43.7 Å². The second-order valence-electron chi connectivity index (χ2n) is 7.08. The number of anilines is 1. The number of ether oxygens (including phenoxy) is 1. The van der Waals surface area contributed by atoms with Gasteiger partial charge in [0.25, 0.3) is 5.91 Å². The molecular formula is C22H22N4O3S. The van der Waals surface area contributed by atoms with Gasteiger partial charge in [0.2, 0.25) is 5.91 Å². The zero-order valence-electron chi connectivity index (χ0n) is 16.8. The van der Waals surface area contributed by atoms with Gasteiger partial charge in [0.05, 0.1) is 17.1 Å². The van der Waals surface area contributed by atoms with Crippen LogP contribution in [0.15, 0.2) is 48.0 Å². The maximum atomic E-state index is 12.5. The first-order chi connectivity index (χ1) is 14.5. The molecule has 0 saturated carbocycles. The summed E-state index contributed by atoms with van der Waals surface area (Å²) in [5.74, 6) is 0.142. The normalized spacial score (nSPS) is 14.1. The standard InChI is InChI=1S/C22H22N4O3S/c1-3-14(2)24-20(27)11-26-18-10-15(7-8-19(18)29-12-21(26)28)17-13-30-22(25-17)16-6-4-5-9-23-16/h4-10,13-14H,3,11-12H2,1-2H3,(H,24,27). The van der Waals surface area contributed by atoms with Gasteiger partial charge in [-0.15, -0.1) is 11.3 Å². The molecule has 0 saturated heterocycles. The molecule has 0 spiro atoms. The maximum absolute atomic E-state index is 12.5. The lowest BCUT2D eigenvalue weighted by molar-refractivity contribution is -0.125. The van der Waals surface area contributed by atoms with Gasteiger partial charge < -0.3 is 10.1 Å². The van der Waals surface area contributed by atoms with E-state index in [1.54, 1.807) is 6.20 Å². The first-order valence-corrected chi connectivity index (χ1v) is 10.7. The van der Waals surface area contributed by atoms with Crippen LogP contribution in [0.2, 0.25) is 0 Å². The molecule has 0 fully saturated rings. The number of hydrogen-bond donors (Lipinski definition) is 1. The lowest BCUT2D eigenvalue weighted by Crippen LogP contribution is -2.46. The van der Waals surface area contributed by atoms with Crippen molar-refractivity contribution < 1.29 is 14.3 Å². The quantitative estimate of drug-likeness (QED) is 0.657. The molecule has 3 aromatic rings. The molecule has 8 heteroatoms. The molecule has 0 bridgehead atoms. The highest BCUT2D eigenvalue weighted by Gasteiger charge is 2.28. The zero-order valence-corrected chi connectivity index (χ0v) is 17.6. The lowest BCUT2D eigenvalue weighted by atomic mass is 10.1. The average molecular weight is 423 g/mol. The molecule has 1 aromatic carbocycles. The van der Waals surface area contributed by atoms with Crippen molar-refractivity contribution in [2.75, 3.05) is 18.1 Å². The molecule has 30 heavy (non-hydrogen) atoms. The Morgan fingerprint density at radius 2 is 2.17 bits per heavy atom. The van der Waals surface area contributed by atoms with Crippen LogP contribution < -0.4 is 15.0 Å². The van der Waals surface area contributed by atoms with Crippen LogP contribution in [0.1, 0.15) is 20.3 Å². The van der Waals surface area contributed by atoms with Crippen molar-refractivity contribution >= 4 is 28.8 Å². The number of hydrogen-bond acceptors (Lipinski definition) is 6. The van der Waals surface area contributed by atoms with E-state index in [1.807, 2.05) is 55.6 Å². The van der Waals surface area contributed by atoms with Gasteiger partial charge >= 0.3 is 0 Å². The molecule has 7 nitrogen and oxygen atoms in total. The number of nitrogens with zero attached hydrogens (tertiary/aromatic N) is 3. The first kappa shape index (κ1) is 20.0. The maximum Gasteiger partial charge on any atom is 0.265 e. The van der Waals surface area contributed by atoms with E-state index in [9.17, 15) is 9.59 Å². The van der Waals surface area contributed by atoms with E-state index in [1.165, 1.54) is 16.2 Å². The summed E-state index contributed by atoms with van der Waals surface area (Å²) in [5, 5.41) is 5.68. The molecule has 1 atom stereocenters. The minimum Gasteiger partial charge on any atom is -0.482 e. The molecule has 4 rings (SSSR count). The highest BCUT2D eigenvalue weighted by atomic mass is 32.1. The summed E-state index contributed by atoms with van der Waals surface area (Å²) >= 11 is 1.51. The molecule has 2 amide bonds. The molecule has 2 aromatic heterocycles. The van der Waals surface area contributed by atoms with E-state index in [2.05, 4.69) is 15.3 Å². The van der Waals surface area contributed by atoms with E-state index in [-0.39, 0.29) is 31.0 Å². The largest absolute Gasteiger partial charge is 0.482 e. The van der Waals surface area contributed by atoms with E-state index >= 15 is 0 Å². The number of carbonyl (C=O) groups is 2. The van der Waals surface area contributed by atoms with Crippen molar-refractivity contribution in [1.82, 2.24) is 15.3 Å². The molecule has 1 N–H and O–H groups in total. The molecule has 3 heterocycles. The third kappa shape index (κ3) is 4.18. The van der Waals surface area contributed by atoms with E-state index < -0.39 is 0 Å². The Kier molecular flexibility index (Phi) is 5.76. The molecular weight excluding hydrogens is 400 g/mol. The second kappa shape index (κ2) is 8.62. The van der Waals surface area contributed by atoms with E-state index in [0.717, 1.165) is 28.4 Å². The highest BCUT2D eigenvalue weighted by Crippen LogP contribution is 2.37. The second-order valence-corrected chi connectivity index (χ2v) is 7.94. The van der Waals surface area contributed by atoms with Crippen LogP contribution in [0.3, 0.4) is 0 Å². The molecule has 154 valence electrons. The third-order valence-electron chi connectivity index (χ3n) is 4.91. The Bertz CT molecular complexity index is 1070. The Morgan fingerprint density at radius 3 is 2.93 bits per heavy atom. The lowest BCUT2D eigenvalue weighted by Gasteiger charge is -2.29. The predicted molar refractivity (Wildman–Crippen MR) is 117 cm³/mol. The zero-order chi connectivity index (χ0) is 21.1. The summed E-state index contributed by atoms with van der Waals surface area (Å²) < 4.78 is 5.56. The van der Waals surface area contributed by atoms with Crippen LogP contribution in [0.4, 0.5) is 5.69 Å². The fourth-order valence-electron chi connectivity index (χ4n) is 3.11. The summed E-state index contributed by atoms with van der Waals surface area (Å²) in [6, 6.07) is 11.3. The van der Waals surface area contributed by atoms with Crippen LogP contribution >= 0.6 is 11.3 Å². The topological polar surface area (TPSA) is 84.4 Å². The number of fused-ring (bicyclic) bond motifs is 1. The number of rotatable bonds is 6. The van der Waals surface area contributed by atoms with Crippen LogP contribution in [-0.4, -0.2) is 41.0 Å². The summed E-state index contributed by atoms with van der Waals surface area (Å²) in [6.07, 6.45) is 2.56. The molecule has 1 unspecified atom stereocenters. The number of benzene rings is 1. The summed E-state index contributed by atoms with van der Waals surface area (Å²) in [5.41, 5.74) is 3.02. The van der Waals surface area contributed by atoms with Gasteiger partial charge in [-0.1, -0.05) is 13.0 Å². The Labute approximate surface area is 178 Å². The van der Waals surface area contributed by atoms with Gasteiger partial charge in [0.15, 0.2) is 6.61 Å². The minimum atomic E-state index is -0.244. The van der Waals surface area contributed by atoms with Crippen LogP contribution in [-0.2, 0) is 9.59 Å². The van der Waals surface area contributed by atoms with Crippen molar-refractivity contribution in [3.8, 4) is 27.7 Å². The number of amides is 2. The fourth-order valence-corrected chi connectivity index (χ4v) is 3.92. The van der Waals surface area contributed by atoms with Crippen molar-refractivity contribution in [1.29, 1.82) is 0 Å². The summed E-state index contributed by atoms with van der Waals surface area (Å²) in [7, 11) is 0. The van der Waals surface area contributed by atoms with Crippen LogP contribution in [0.5, 0.6) is 5.75 Å². The van der Waals surface area contributed by atoms with Gasteiger partial charge in [-0.3, -0.25) is 19.5 Å². The van der Waals surface area contributed by atoms with Crippen molar-refractivity contribution in [2.45, 2.75) is 26.3 Å². The van der Waals surface area contributed by atoms with Crippen LogP contribution in [0.25, 0.3) is 22.0 Å². The van der Waals surface area contributed by atoms with Gasteiger partial charge in [0.1, 0.15) is 17.3 Å². The van der Waals surface area contributed by atoms with E-state index in [4.69, 9.17) is 4.74 Å². The molecule has 0 radical (unpaired) electrons. The predicted octanol–water partition coefficient (Wildman–Crippen LogP) is 3.51. The number of carbonyl (C=O) groups excluding carboxylic acids is 2. The summed E-state index contributed by atoms with van der Waals surface area (Å²) in [4.78, 5) is 35.4. The highest BCUT2D eigenvalue weighted by molar-refractivity contribution is 7.13. The SMILES string of the molecule is CCC(C)NC(=O)CN1C(=O)COc2ccc(-c3csc(-c4ccccn4)n3)cc21. The number of aromatic nitrogens is 2. The Balaban J connectivity index is 1.61. The third-order valence-corrected chi connectivity index (χ3v) is 5.77. The van der Waals surface area contributed by atoms with Gasteiger partial charge in [-0.25, -0.2) is 4.98 Å². The Morgan fingerprint density at radius 1 is 1.30 bits per heavy atom. The molecule has 1 aliphatic heterocycles. The van der Waals surface area contributed by atoms with Gasteiger partial charge in [0, 0.05) is 23.2 Å².